The maximum Gasteiger partial charge on any atom is 0.0865 e. The summed E-state index contributed by atoms with van der Waals surface area (Å²) in [6.07, 6.45) is 5.27. The first-order valence-electron chi connectivity index (χ1n) is 6.86. The third-order valence-corrected chi connectivity index (χ3v) is 4.26. The molecule has 1 aliphatic carbocycles. The number of hydroxylamine groups is 1. The minimum absolute atomic E-state index is 0.384. The summed E-state index contributed by atoms with van der Waals surface area (Å²) in [5.74, 6) is 1.35. The number of fused-ring (bicyclic) bond motifs is 3. The lowest BCUT2D eigenvalue weighted by Gasteiger charge is -2.42. The molecule has 1 aromatic carbocycles. The highest BCUT2D eigenvalue weighted by atomic mass is 16.7. The average Bonchev–Trinajstić information content (AvgIpc) is 2.39. The van der Waals surface area contributed by atoms with Crippen molar-refractivity contribution in [3.05, 3.63) is 35.4 Å². The average molecular weight is 231 g/mol. The van der Waals surface area contributed by atoms with Crippen LogP contribution in [0.3, 0.4) is 0 Å². The second-order valence-corrected chi connectivity index (χ2v) is 5.32. The van der Waals surface area contributed by atoms with Gasteiger partial charge in [0, 0.05) is 12.5 Å². The molecule has 0 saturated carbocycles. The minimum atomic E-state index is 0.384. The van der Waals surface area contributed by atoms with E-state index in [0.717, 1.165) is 25.3 Å². The molecule has 92 valence electrons. The third-order valence-electron chi connectivity index (χ3n) is 4.26. The van der Waals surface area contributed by atoms with Gasteiger partial charge >= 0.3 is 0 Å². The molecule has 0 spiro atoms. The van der Waals surface area contributed by atoms with E-state index in [1.807, 2.05) is 0 Å². The fourth-order valence-electron chi connectivity index (χ4n) is 3.50. The summed E-state index contributed by atoms with van der Waals surface area (Å²) in [5.41, 5.74) is 6.24. The Bertz CT molecular complexity index is 388. The van der Waals surface area contributed by atoms with Crippen LogP contribution in [-0.4, -0.2) is 12.6 Å². The predicted octanol–water partition coefficient (Wildman–Crippen LogP) is 3.04. The van der Waals surface area contributed by atoms with Crippen LogP contribution in [0.4, 0.5) is 0 Å². The van der Waals surface area contributed by atoms with Crippen LogP contribution in [0.15, 0.2) is 24.3 Å². The van der Waals surface area contributed by atoms with Gasteiger partial charge in [-0.15, -0.1) is 0 Å². The topological polar surface area (TPSA) is 21.3 Å². The zero-order valence-electron chi connectivity index (χ0n) is 10.5. The molecule has 2 nitrogen and oxygen atoms in total. The SMILES string of the molecule is CCCC1CNOC2CCc3ccccc3C12. The maximum absolute atomic E-state index is 5.77. The second kappa shape index (κ2) is 4.79. The molecule has 0 bridgehead atoms. The number of nitrogens with one attached hydrogen (secondary N) is 1. The molecule has 3 atom stereocenters. The second-order valence-electron chi connectivity index (χ2n) is 5.32. The Morgan fingerprint density at radius 3 is 3.12 bits per heavy atom. The largest absolute Gasteiger partial charge is 0.298 e. The van der Waals surface area contributed by atoms with Crippen molar-refractivity contribution in [1.82, 2.24) is 5.48 Å². The van der Waals surface area contributed by atoms with Crippen molar-refractivity contribution in [1.29, 1.82) is 0 Å². The van der Waals surface area contributed by atoms with E-state index < -0.39 is 0 Å². The highest BCUT2D eigenvalue weighted by molar-refractivity contribution is 5.34. The molecule has 1 heterocycles. The van der Waals surface area contributed by atoms with Gasteiger partial charge in [0.2, 0.25) is 0 Å². The van der Waals surface area contributed by atoms with Crippen LogP contribution in [-0.2, 0) is 11.3 Å². The van der Waals surface area contributed by atoms with Crippen LogP contribution >= 0.6 is 0 Å². The van der Waals surface area contributed by atoms with Gasteiger partial charge < -0.3 is 0 Å². The molecule has 0 radical (unpaired) electrons. The smallest absolute Gasteiger partial charge is 0.0865 e. The molecule has 3 unspecified atom stereocenters. The quantitative estimate of drug-likeness (QED) is 0.844. The fraction of sp³-hybridized carbons (Fsp3) is 0.600. The van der Waals surface area contributed by atoms with E-state index in [1.165, 1.54) is 12.8 Å². The Balaban J connectivity index is 1.94. The highest BCUT2D eigenvalue weighted by Crippen LogP contribution is 2.41. The Morgan fingerprint density at radius 2 is 2.24 bits per heavy atom. The summed E-state index contributed by atoms with van der Waals surface area (Å²) in [7, 11) is 0. The van der Waals surface area contributed by atoms with Crippen LogP contribution in [0.25, 0.3) is 0 Å². The van der Waals surface area contributed by atoms with Crippen LogP contribution in [0.2, 0.25) is 0 Å². The lowest BCUT2D eigenvalue weighted by molar-refractivity contribution is -0.0972. The number of aryl methyl sites for hydroxylation is 1. The van der Waals surface area contributed by atoms with Crippen molar-refractivity contribution in [2.75, 3.05) is 6.54 Å². The zero-order valence-corrected chi connectivity index (χ0v) is 10.5. The van der Waals surface area contributed by atoms with Gasteiger partial charge in [0.1, 0.15) is 0 Å². The lowest BCUT2D eigenvalue weighted by Crippen LogP contribution is -2.45. The van der Waals surface area contributed by atoms with Crippen molar-refractivity contribution in [2.24, 2.45) is 5.92 Å². The summed E-state index contributed by atoms with van der Waals surface area (Å²) in [4.78, 5) is 5.77. The fourth-order valence-corrected chi connectivity index (χ4v) is 3.50. The van der Waals surface area contributed by atoms with Crippen molar-refractivity contribution in [3.8, 4) is 0 Å². The normalized spacial score (nSPS) is 31.7. The third kappa shape index (κ3) is 2.00. The number of hydrogen-bond donors (Lipinski definition) is 1. The van der Waals surface area contributed by atoms with Crippen LogP contribution in [0.1, 0.15) is 43.2 Å². The van der Waals surface area contributed by atoms with Crippen molar-refractivity contribution < 1.29 is 4.84 Å². The summed E-state index contributed by atoms with van der Waals surface area (Å²) in [5, 5.41) is 0. The molecule has 1 aromatic rings. The van der Waals surface area contributed by atoms with Crippen molar-refractivity contribution >= 4 is 0 Å². The minimum Gasteiger partial charge on any atom is -0.298 e. The van der Waals surface area contributed by atoms with Crippen LogP contribution in [0, 0.1) is 5.92 Å². The Labute approximate surface area is 103 Å². The number of hydrogen-bond acceptors (Lipinski definition) is 2. The van der Waals surface area contributed by atoms with Gasteiger partial charge in [0.15, 0.2) is 0 Å². The number of rotatable bonds is 2. The van der Waals surface area contributed by atoms with E-state index in [9.17, 15) is 0 Å². The van der Waals surface area contributed by atoms with Crippen LogP contribution in [0.5, 0.6) is 0 Å². The van der Waals surface area contributed by atoms with Gasteiger partial charge in [0.25, 0.3) is 0 Å². The first kappa shape index (κ1) is 11.2. The van der Waals surface area contributed by atoms with E-state index in [0.29, 0.717) is 12.0 Å². The van der Waals surface area contributed by atoms with E-state index in [1.54, 1.807) is 11.1 Å². The van der Waals surface area contributed by atoms with Gasteiger partial charge in [0.05, 0.1) is 6.10 Å². The maximum atomic E-state index is 5.77. The van der Waals surface area contributed by atoms with Gasteiger partial charge in [-0.05, 0) is 36.3 Å². The summed E-state index contributed by atoms with van der Waals surface area (Å²) in [6, 6.07) is 8.93. The van der Waals surface area contributed by atoms with Gasteiger partial charge in [-0.3, -0.25) is 4.84 Å². The van der Waals surface area contributed by atoms with Gasteiger partial charge in [-0.25, -0.2) is 5.48 Å². The summed E-state index contributed by atoms with van der Waals surface area (Å²) in [6.45, 7) is 3.28. The molecule has 2 aliphatic rings. The summed E-state index contributed by atoms with van der Waals surface area (Å²) < 4.78 is 0. The molecule has 0 aromatic heterocycles. The monoisotopic (exact) mass is 231 g/mol. The predicted molar refractivity (Wildman–Crippen MR) is 68.8 cm³/mol. The molecule has 3 rings (SSSR count). The Morgan fingerprint density at radius 1 is 1.35 bits per heavy atom. The van der Waals surface area contributed by atoms with E-state index in [2.05, 4.69) is 36.7 Å². The van der Waals surface area contributed by atoms with E-state index in [-0.39, 0.29) is 0 Å². The van der Waals surface area contributed by atoms with Gasteiger partial charge in [-0.2, -0.15) is 0 Å². The lowest BCUT2D eigenvalue weighted by atomic mass is 9.72. The zero-order chi connectivity index (χ0) is 11.7. The number of benzene rings is 1. The van der Waals surface area contributed by atoms with E-state index >= 15 is 0 Å². The van der Waals surface area contributed by atoms with Crippen molar-refractivity contribution in [2.45, 2.75) is 44.6 Å². The Kier molecular flexibility index (Phi) is 3.17. The molecule has 0 amide bonds. The molecular formula is C15H21NO. The first-order valence-corrected chi connectivity index (χ1v) is 6.86. The molecule has 2 heteroatoms. The molecular weight excluding hydrogens is 210 g/mol. The van der Waals surface area contributed by atoms with E-state index in [4.69, 9.17) is 4.84 Å². The molecule has 1 N–H and O–H groups in total. The standard InChI is InChI=1S/C15H21NO/c1-2-5-12-10-16-17-14-9-8-11-6-3-4-7-13(11)15(12)14/h3-4,6-7,12,14-16H,2,5,8-10H2,1H3. The van der Waals surface area contributed by atoms with Crippen LogP contribution < -0.4 is 5.48 Å². The highest BCUT2D eigenvalue weighted by Gasteiger charge is 2.38. The molecule has 1 fully saturated rings. The molecule has 17 heavy (non-hydrogen) atoms. The molecule has 1 aliphatic heterocycles. The molecule has 1 saturated heterocycles. The van der Waals surface area contributed by atoms with Gasteiger partial charge in [-0.1, -0.05) is 37.6 Å². The summed E-state index contributed by atoms with van der Waals surface area (Å²) >= 11 is 0. The first-order chi connectivity index (χ1) is 8.40. The van der Waals surface area contributed by atoms with Crippen molar-refractivity contribution in [3.63, 3.8) is 0 Å². The Hall–Kier alpha value is -0.860.